The van der Waals surface area contributed by atoms with Gasteiger partial charge in [0, 0.05) is 38.4 Å². The summed E-state index contributed by atoms with van der Waals surface area (Å²) in [6.45, 7) is 9.04. The van der Waals surface area contributed by atoms with E-state index in [0.29, 0.717) is 18.1 Å². The zero-order valence-corrected chi connectivity index (χ0v) is 17.0. The smallest absolute Gasteiger partial charge is 0.317 e. The Morgan fingerprint density at radius 1 is 1.26 bits per heavy atom. The van der Waals surface area contributed by atoms with E-state index >= 15 is 0 Å². The van der Waals surface area contributed by atoms with Crippen molar-refractivity contribution in [3.8, 4) is 0 Å². The summed E-state index contributed by atoms with van der Waals surface area (Å²) in [7, 11) is 0. The number of urea groups is 1. The highest BCUT2D eigenvalue weighted by Gasteiger charge is 2.28. The average molecular weight is 387 g/mol. The number of halogens is 1. The Labute approximate surface area is 166 Å². The zero-order valence-electron chi connectivity index (χ0n) is 16.2. The van der Waals surface area contributed by atoms with Crippen molar-refractivity contribution in [2.75, 3.05) is 31.1 Å². The van der Waals surface area contributed by atoms with Gasteiger partial charge in [-0.15, -0.1) is 0 Å². The zero-order chi connectivity index (χ0) is 19.4. The third-order valence-corrected chi connectivity index (χ3v) is 5.48. The second-order valence-corrected chi connectivity index (χ2v) is 7.61. The van der Waals surface area contributed by atoms with Crippen LogP contribution < -0.4 is 10.2 Å². The number of carbonyl (C=O) groups excluding carboxylic acids is 1. The summed E-state index contributed by atoms with van der Waals surface area (Å²) in [6, 6.07) is 10.2. The highest BCUT2D eigenvalue weighted by atomic mass is 35.5. The highest BCUT2D eigenvalue weighted by Crippen LogP contribution is 2.24. The van der Waals surface area contributed by atoms with E-state index in [-0.39, 0.29) is 12.1 Å². The molecule has 1 unspecified atom stereocenters. The van der Waals surface area contributed by atoms with Gasteiger partial charge in [-0.05, 0) is 56.0 Å². The van der Waals surface area contributed by atoms with Crippen molar-refractivity contribution in [3.05, 3.63) is 58.2 Å². The number of benzene rings is 1. The Kier molecular flexibility index (Phi) is 6.22. The first-order valence-corrected chi connectivity index (χ1v) is 9.79. The quantitative estimate of drug-likeness (QED) is 0.869. The van der Waals surface area contributed by atoms with E-state index in [9.17, 15) is 4.79 Å². The molecule has 5 nitrogen and oxygen atoms in total. The first-order valence-electron chi connectivity index (χ1n) is 9.42. The van der Waals surface area contributed by atoms with Gasteiger partial charge in [0.2, 0.25) is 0 Å². The fraction of sp³-hybridized carbons (Fsp3) is 0.429. The summed E-state index contributed by atoms with van der Waals surface area (Å²) in [6.07, 6.45) is 2.59. The standard InChI is InChI=1S/C21H27ClN4O/c1-15-6-7-18(13-16(15)2)8-10-24-21(27)26-12-11-25(14-17(26)3)20-19(22)5-4-9-23-20/h4-7,9,13,17H,8,10-12,14H2,1-3H3,(H,24,27). The van der Waals surface area contributed by atoms with Crippen molar-refractivity contribution < 1.29 is 4.79 Å². The van der Waals surface area contributed by atoms with Crippen LogP contribution >= 0.6 is 11.6 Å². The number of nitrogens with zero attached hydrogens (tertiary/aromatic N) is 3. The summed E-state index contributed by atoms with van der Waals surface area (Å²) in [5.74, 6) is 0.792. The monoisotopic (exact) mass is 386 g/mol. The summed E-state index contributed by atoms with van der Waals surface area (Å²) < 4.78 is 0. The Hall–Kier alpha value is -2.27. The number of aromatic nitrogens is 1. The van der Waals surface area contributed by atoms with Crippen molar-refractivity contribution in [3.63, 3.8) is 0 Å². The van der Waals surface area contributed by atoms with Crippen LogP contribution in [0.25, 0.3) is 0 Å². The lowest BCUT2D eigenvalue weighted by Crippen LogP contribution is -2.57. The number of hydrogen-bond donors (Lipinski definition) is 1. The molecule has 2 heterocycles. The topological polar surface area (TPSA) is 48.5 Å². The van der Waals surface area contributed by atoms with E-state index in [4.69, 9.17) is 11.6 Å². The minimum Gasteiger partial charge on any atom is -0.352 e. The number of rotatable bonds is 4. The van der Waals surface area contributed by atoms with Crippen LogP contribution in [-0.2, 0) is 6.42 Å². The highest BCUT2D eigenvalue weighted by molar-refractivity contribution is 6.32. The predicted molar refractivity (Wildman–Crippen MR) is 111 cm³/mol. The van der Waals surface area contributed by atoms with Gasteiger partial charge >= 0.3 is 6.03 Å². The van der Waals surface area contributed by atoms with Gasteiger partial charge in [0.05, 0.1) is 5.02 Å². The van der Waals surface area contributed by atoms with Crippen LogP contribution in [0, 0.1) is 13.8 Å². The molecule has 1 aromatic heterocycles. The number of pyridine rings is 1. The fourth-order valence-corrected chi connectivity index (χ4v) is 3.68. The van der Waals surface area contributed by atoms with Crippen molar-refractivity contribution in [2.45, 2.75) is 33.2 Å². The van der Waals surface area contributed by atoms with Crippen molar-refractivity contribution >= 4 is 23.4 Å². The van der Waals surface area contributed by atoms with Crippen LogP contribution in [0.5, 0.6) is 0 Å². The lowest BCUT2D eigenvalue weighted by molar-refractivity contribution is 0.171. The molecular formula is C21H27ClN4O. The minimum absolute atomic E-state index is 0.00176. The first kappa shape index (κ1) is 19.5. The summed E-state index contributed by atoms with van der Waals surface area (Å²) in [4.78, 5) is 21.0. The number of carbonyl (C=O) groups is 1. The second-order valence-electron chi connectivity index (χ2n) is 7.20. The molecule has 1 aliphatic rings. The van der Waals surface area contributed by atoms with Gasteiger partial charge in [-0.25, -0.2) is 9.78 Å². The Bertz CT molecular complexity index is 811. The second kappa shape index (κ2) is 8.61. The summed E-state index contributed by atoms with van der Waals surface area (Å²) in [5, 5.41) is 3.71. The molecule has 0 spiro atoms. The SMILES string of the molecule is Cc1ccc(CCNC(=O)N2CCN(c3ncccc3Cl)CC2C)cc1C. The van der Waals surface area contributed by atoms with Gasteiger partial charge in [0.15, 0.2) is 0 Å². The molecule has 27 heavy (non-hydrogen) atoms. The van der Waals surface area contributed by atoms with Crippen LogP contribution in [-0.4, -0.2) is 48.1 Å². The Balaban J connectivity index is 1.51. The van der Waals surface area contributed by atoms with Gasteiger partial charge < -0.3 is 15.1 Å². The van der Waals surface area contributed by atoms with Gasteiger partial charge in [-0.3, -0.25) is 0 Å². The fourth-order valence-electron chi connectivity index (χ4n) is 3.44. The largest absolute Gasteiger partial charge is 0.352 e. The van der Waals surface area contributed by atoms with Crippen LogP contribution in [0.2, 0.25) is 5.02 Å². The lowest BCUT2D eigenvalue weighted by Gasteiger charge is -2.40. The maximum absolute atomic E-state index is 12.6. The van der Waals surface area contributed by atoms with Crippen LogP contribution in [0.1, 0.15) is 23.6 Å². The van der Waals surface area contributed by atoms with Crippen molar-refractivity contribution in [2.24, 2.45) is 0 Å². The molecule has 1 saturated heterocycles. The molecule has 144 valence electrons. The van der Waals surface area contributed by atoms with E-state index < -0.39 is 0 Å². The Morgan fingerprint density at radius 3 is 2.78 bits per heavy atom. The number of aryl methyl sites for hydroxylation is 2. The first-order chi connectivity index (χ1) is 13.0. The van der Waals surface area contributed by atoms with Crippen LogP contribution in [0.15, 0.2) is 36.5 Å². The third kappa shape index (κ3) is 4.72. The minimum atomic E-state index is -0.00176. The molecule has 6 heteroatoms. The molecule has 1 aromatic carbocycles. The summed E-state index contributed by atoms with van der Waals surface area (Å²) in [5.41, 5.74) is 3.83. The molecule has 1 atom stereocenters. The number of amides is 2. The molecule has 0 aliphatic carbocycles. The molecule has 1 aliphatic heterocycles. The Morgan fingerprint density at radius 2 is 2.07 bits per heavy atom. The number of piperazine rings is 1. The van der Waals surface area contributed by atoms with E-state index in [1.54, 1.807) is 6.20 Å². The molecule has 2 amide bonds. The predicted octanol–water partition coefficient (Wildman–Crippen LogP) is 3.81. The van der Waals surface area contributed by atoms with Gasteiger partial charge in [-0.1, -0.05) is 29.8 Å². The molecule has 1 fully saturated rings. The van der Waals surface area contributed by atoms with E-state index in [0.717, 1.165) is 25.3 Å². The van der Waals surface area contributed by atoms with E-state index in [1.807, 2.05) is 17.0 Å². The third-order valence-electron chi connectivity index (χ3n) is 5.19. The average Bonchev–Trinajstić information content (AvgIpc) is 2.65. The number of nitrogens with one attached hydrogen (secondary N) is 1. The van der Waals surface area contributed by atoms with Gasteiger partial charge in [0.1, 0.15) is 5.82 Å². The van der Waals surface area contributed by atoms with E-state index in [2.05, 4.69) is 54.2 Å². The molecule has 1 N–H and O–H groups in total. The molecular weight excluding hydrogens is 360 g/mol. The number of hydrogen-bond acceptors (Lipinski definition) is 3. The van der Waals surface area contributed by atoms with Crippen LogP contribution in [0.3, 0.4) is 0 Å². The molecule has 0 radical (unpaired) electrons. The van der Waals surface area contributed by atoms with Gasteiger partial charge in [-0.2, -0.15) is 0 Å². The molecule has 3 rings (SSSR count). The van der Waals surface area contributed by atoms with Crippen LogP contribution in [0.4, 0.5) is 10.6 Å². The molecule has 0 saturated carbocycles. The van der Waals surface area contributed by atoms with Crippen molar-refractivity contribution in [1.82, 2.24) is 15.2 Å². The molecule has 2 aromatic rings. The molecule has 0 bridgehead atoms. The van der Waals surface area contributed by atoms with E-state index in [1.165, 1.54) is 16.7 Å². The van der Waals surface area contributed by atoms with Gasteiger partial charge in [0.25, 0.3) is 0 Å². The summed E-state index contributed by atoms with van der Waals surface area (Å²) >= 11 is 6.25. The maximum Gasteiger partial charge on any atom is 0.317 e. The lowest BCUT2D eigenvalue weighted by atomic mass is 10.0. The van der Waals surface area contributed by atoms with Crippen molar-refractivity contribution in [1.29, 1.82) is 0 Å². The number of anilines is 1. The maximum atomic E-state index is 12.6. The normalized spacial score (nSPS) is 17.1.